The van der Waals surface area contributed by atoms with Crippen LogP contribution in [0.4, 0.5) is 8.78 Å². The van der Waals surface area contributed by atoms with Gasteiger partial charge in [0, 0.05) is 18.2 Å². The molecule has 5 heteroatoms. The van der Waals surface area contributed by atoms with Crippen LogP contribution in [0, 0.1) is 11.6 Å². The Balaban J connectivity index is 2.30. The number of benzene rings is 2. The van der Waals surface area contributed by atoms with E-state index in [1.807, 2.05) is 6.92 Å². The van der Waals surface area contributed by atoms with Gasteiger partial charge >= 0.3 is 0 Å². The summed E-state index contributed by atoms with van der Waals surface area (Å²) in [6, 6.07) is 8.45. The first kappa shape index (κ1) is 14.9. The molecule has 2 nitrogen and oxygen atoms in total. The van der Waals surface area contributed by atoms with Crippen molar-refractivity contribution < 1.29 is 13.5 Å². The summed E-state index contributed by atoms with van der Waals surface area (Å²) >= 11 is 3.30. The standard InChI is InChI=1S/C15H14BrF2NO/c1-2-19-9-10-7-11(17)4-6-14(10)20-15-8-12(18)3-5-13(15)16/h3-8,19H,2,9H2,1H3. The third-order valence-corrected chi connectivity index (χ3v) is 3.36. The number of rotatable bonds is 5. The number of hydrogen-bond acceptors (Lipinski definition) is 2. The van der Waals surface area contributed by atoms with Crippen LogP contribution in [0.3, 0.4) is 0 Å². The minimum absolute atomic E-state index is 0.330. The zero-order valence-corrected chi connectivity index (χ0v) is 12.5. The topological polar surface area (TPSA) is 21.3 Å². The highest BCUT2D eigenvalue weighted by molar-refractivity contribution is 9.10. The maximum atomic E-state index is 13.3. The van der Waals surface area contributed by atoms with Crippen molar-refractivity contribution in [1.29, 1.82) is 0 Å². The van der Waals surface area contributed by atoms with Crippen molar-refractivity contribution in [2.24, 2.45) is 0 Å². The van der Waals surface area contributed by atoms with E-state index in [-0.39, 0.29) is 5.82 Å². The van der Waals surface area contributed by atoms with Crippen LogP contribution in [0.2, 0.25) is 0 Å². The van der Waals surface area contributed by atoms with E-state index in [1.54, 1.807) is 12.1 Å². The normalized spacial score (nSPS) is 10.6. The Morgan fingerprint density at radius 3 is 2.50 bits per heavy atom. The summed E-state index contributed by atoms with van der Waals surface area (Å²) in [6.07, 6.45) is 0. The third-order valence-electron chi connectivity index (χ3n) is 2.70. The Hall–Kier alpha value is -1.46. The molecule has 20 heavy (non-hydrogen) atoms. The van der Waals surface area contributed by atoms with Gasteiger partial charge in [0.1, 0.15) is 23.1 Å². The maximum absolute atomic E-state index is 13.3. The van der Waals surface area contributed by atoms with Gasteiger partial charge in [0.05, 0.1) is 4.47 Å². The molecule has 2 rings (SSSR count). The zero-order valence-electron chi connectivity index (χ0n) is 10.9. The van der Waals surface area contributed by atoms with Crippen LogP contribution in [-0.4, -0.2) is 6.54 Å². The molecule has 0 radical (unpaired) electrons. The minimum Gasteiger partial charge on any atom is -0.456 e. The van der Waals surface area contributed by atoms with Gasteiger partial charge in [0.15, 0.2) is 0 Å². The molecule has 0 aliphatic heterocycles. The van der Waals surface area contributed by atoms with Crippen LogP contribution >= 0.6 is 15.9 Å². The number of hydrogen-bond donors (Lipinski definition) is 1. The van der Waals surface area contributed by atoms with Gasteiger partial charge in [-0.3, -0.25) is 0 Å². The first-order chi connectivity index (χ1) is 9.60. The van der Waals surface area contributed by atoms with Crippen molar-refractivity contribution in [3.05, 3.63) is 58.1 Å². The fraction of sp³-hybridized carbons (Fsp3) is 0.200. The second-order valence-corrected chi connectivity index (χ2v) is 5.06. The predicted octanol–water partition coefficient (Wildman–Crippen LogP) is 4.63. The third kappa shape index (κ3) is 3.77. The summed E-state index contributed by atoms with van der Waals surface area (Å²) in [5, 5.41) is 3.11. The van der Waals surface area contributed by atoms with E-state index >= 15 is 0 Å². The highest BCUT2D eigenvalue weighted by atomic mass is 79.9. The molecule has 2 aromatic carbocycles. The largest absolute Gasteiger partial charge is 0.456 e. The van der Waals surface area contributed by atoms with Crippen LogP contribution in [0.1, 0.15) is 12.5 Å². The first-order valence-electron chi connectivity index (χ1n) is 6.22. The lowest BCUT2D eigenvalue weighted by molar-refractivity contribution is 0.462. The Labute approximate surface area is 124 Å². The average Bonchev–Trinajstić information content (AvgIpc) is 2.43. The Morgan fingerprint density at radius 1 is 1.05 bits per heavy atom. The smallest absolute Gasteiger partial charge is 0.144 e. The summed E-state index contributed by atoms with van der Waals surface area (Å²) in [7, 11) is 0. The first-order valence-corrected chi connectivity index (χ1v) is 7.01. The van der Waals surface area contributed by atoms with Gasteiger partial charge in [-0.05, 0) is 52.8 Å². The van der Waals surface area contributed by atoms with Gasteiger partial charge in [0.25, 0.3) is 0 Å². The van der Waals surface area contributed by atoms with Gasteiger partial charge in [-0.2, -0.15) is 0 Å². The SMILES string of the molecule is CCNCc1cc(F)ccc1Oc1cc(F)ccc1Br. The van der Waals surface area contributed by atoms with E-state index in [4.69, 9.17) is 4.74 Å². The van der Waals surface area contributed by atoms with Crippen LogP contribution in [0.25, 0.3) is 0 Å². The molecule has 0 amide bonds. The highest BCUT2D eigenvalue weighted by Crippen LogP contribution is 2.32. The van der Waals surface area contributed by atoms with Crippen molar-refractivity contribution >= 4 is 15.9 Å². The van der Waals surface area contributed by atoms with Crippen molar-refractivity contribution in [1.82, 2.24) is 5.32 Å². The van der Waals surface area contributed by atoms with Crippen molar-refractivity contribution in [2.75, 3.05) is 6.54 Å². The quantitative estimate of drug-likeness (QED) is 0.856. The monoisotopic (exact) mass is 341 g/mol. The highest BCUT2D eigenvalue weighted by Gasteiger charge is 2.09. The molecule has 0 saturated heterocycles. The second-order valence-electron chi connectivity index (χ2n) is 4.21. The van der Waals surface area contributed by atoms with E-state index in [0.29, 0.717) is 28.1 Å². The molecule has 0 bridgehead atoms. The van der Waals surface area contributed by atoms with Crippen LogP contribution in [0.5, 0.6) is 11.5 Å². The summed E-state index contributed by atoms with van der Waals surface area (Å²) < 4.78 is 32.9. The van der Waals surface area contributed by atoms with Crippen LogP contribution < -0.4 is 10.1 Å². The number of halogens is 3. The number of ether oxygens (including phenoxy) is 1. The lowest BCUT2D eigenvalue weighted by Gasteiger charge is -2.13. The van der Waals surface area contributed by atoms with E-state index in [0.717, 1.165) is 6.54 Å². The summed E-state index contributed by atoms with van der Waals surface area (Å²) in [4.78, 5) is 0. The average molecular weight is 342 g/mol. The van der Waals surface area contributed by atoms with Gasteiger partial charge in [-0.1, -0.05) is 6.92 Å². The zero-order chi connectivity index (χ0) is 14.5. The fourth-order valence-electron chi connectivity index (χ4n) is 1.72. The van der Waals surface area contributed by atoms with Crippen molar-refractivity contribution in [3.63, 3.8) is 0 Å². The Kier molecular flexibility index (Phi) is 5.09. The van der Waals surface area contributed by atoms with Gasteiger partial charge < -0.3 is 10.1 Å². The molecule has 0 aliphatic carbocycles. The molecular formula is C15H14BrF2NO. The maximum Gasteiger partial charge on any atom is 0.144 e. The fourth-order valence-corrected chi connectivity index (χ4v) is 2.05. The molecule has 106 valence electrons. The Bertz CT molecular complexity index is 604. The molecule has 0 unspecified atom stereocenters. The molecule has 0 aromatic heterocycles. The van der Waals surface area contributed by atoms with E-state index in [9.17, 15) is 8.78 Å². The molecule has 0 spiro atoms. The van der Waals surface area contributed by atoms with Crippen molar-refractivity contribution in [3.8, 4) is 11.5 Å². The van der Waals surface area contributed by atoms with Crippen LogP contribution in [-0.2, 0) is 6.54 Å². The Morgan fingerprint density at radius 2 is 1.75 bits per heavy atom. The minimum atomic E-state index is -0.390. The molecule has 0 fully saturated rings. The molecule has 2 aromatic rings. The van der Waals surface area contributed by atoms with E-state index in [1.165, 1.54) is 24.3 Å². The van der Waals surface area contributed by atoms with Gasteiger partial charge in [-0.15, -0.1) is 0 Å². The lowest BCUT2D eigenvalue weighted by Crippen LogP contribution is -2.12. The molecular weight excluding hydrogens is 328 g/mol. The van der Waals surface area contributed by atoms with Crippen molar-refractivity contribution in [2.45, 2.75) is 13.5 Å². The second kappa shape index (κ2) is 6.81. The van der Waals surface area contributed by atoms with E-state index < -0.39 is 5.82 Å². The van der Waals surface area contributed by atoms with Crippen LogP contribution in [0.15, 0.2) is 40.9 Å². The van der Waals surface area contributed by atoms with Gasteiger partial charge in [-0.25, -0.2) is 8.78 Å². The molecule has 0 heterocycles. The molecule has 1 N–H and O–H groups in total. The summed E-state index contributed by atoms with van der Waals surface area (Å²) in [5.41, 5.74) is 0.683. The molecule has 0 atom stereocenters. The molecule has 0 saturated carbocycles. The number of nitrogens with one attached hydrogen (secondary N) is 1. The lowest BCUT2D eigenvalue weighted by atomic mass is 10.2. The summed E-state index contributed by atoms with van der Waals surface area (Å²) in [5.74, 6) is 0.134. The molecule has 0 aliphatic rings. The van der Waals surface area contributed by atoms with Gasteiger partial charge in [0.2, 0.25) is 0 Å². The van der Waals surface area contributed by atoms with E-state index in [2.05, 4.69) is 21.2 Å². The predicted molar refractivity (Wildman–Crippen MR) is 78.0 cm³/mol. The summed E-state index contributed by atoms with van der Waals surface area (Å²) in [6.45, 7) is 3.21.